The van der Waals surface area contributed by atoms with Crippen molar-refractivity contribution in [1.29, 1.82) is 0 Å². The summed E-state index contributed by atoms with van der Waals surface area (Å²) in [7, 11) is 0. The second kappa shape index (κ2) is 10.4. The van der Waals surface area contributed by atoms with Crippen LogP contribution in [0.2, 0.25) is 0 Å². The van der Waals surface area contributed by atoms with Gasteiger partial charge in [-0.25, -0.2) is 0 Å². The molecule has 1 atom stereocenters. The Kier molecular flexibility index (Phi) is 7.69. The van der Waals surface area contributed by atoms with Crippen molar-refractivity contribution < 1.29 is 4.79 Å². The Labute approximate surface area is 183 Å². The van der Waals surface area contributed by atoms with E-state index < -0.39 is 0 Å². The van der Waals surface area contributed by atoms with E-state index in [4.69, 9.17) is 0 Å². The lowest BCUT2D eigenvalue weighted by Crippen LogP contribution is -2.25. The van der Waals surface area contributed by atoms with Gasteiger partial charge in [-0.1, -0.05) is 81.4 Å². The van der Waals surface area contributed by atoms with Gasteiger partial charge in [-0.3, -0.25) is 4.79 Å². The minimum Gasteiger partial charge on any atom is -0.325 e. The molecule has 3 rings (SSSR count). The molecule has 0 saturated heterocycles. The van der Waals surface area contributed by atoms with Crippen molar-refractivity contribution in [2.24, 2.45) is 0 Å². The maximum absolute atomic E-state index is 13.0. The number of anilines is 1. The predicted octanol–water partition coefficient (Wildman–Crippen LogP) is 5.99. The van der Waals surface area contributed by atoms with Crippen LogP contribution in [-0.2, 0) is 11.3 Å². The van der Waals surface area contributed by atoms with E-state index in [0.29, 0.717) is 5.92 Å². The number of thioether (sulfide) groups is 1. The smallest absolute Gasteiger partial charge is 0.237 e. The van der Waals surface area contributed by atoms with E-state index in [9.17, 15) is 4.79 Å². The Hall–Kier alpha value is -2.60. The van der Waals surface area contributed by atoms with Gasteiger partial charge in [0.1, 0.15) is 0 Å². The zero-order chi connectivity index (χ0) is 21.5. The number of carbonyl (C=O) groups excluding carboxylic acids is 1. The highest BCUT2D eigenvalue weighted by Crippen LogP contribution is 2.29. The molecule has 1 aromatic heterocycles. The van der Waals surface area contributed by atoms with Gasteiger partial charge in [0.2, 0.25) is 5.91 Å². The number of hydrogen-bond donors (Lipinski definition) is 1. The van der Waals surface area contributed by atoms with Crippen molar-refractivity contribution in [3.8, 4) is 11.4 Å². The van der Waals surface area contributed by atoms with E-state index in [2.05, 4.69) is 59.9 Å². The Morgan fingerprint density at radius 1 is 1.03 bits per heavy atom. The molecule has 0 spiro atoms. The molecule has 0 aliphatic heterocycles. The van der Waals surface area contributed by atoms with Crippen LogP contribution in [0.4, 0.5) is 5.69 Å². The van der Waals surface area contributed by atoms with Crippen molar-refractivity contribution in [1.82, 2.24) is 14.8 Å². The lowest BCUT2D eigenvalue weighted by molar-refractivity contribution is -0.115. The van der Waals surface area contributed by atoms with Crippen molar-refractivity contribution in [3.63, 3.8) is 0 Å². The van der Waals surface area contributed by atoms with Crippen LogP contribution in [-0.4, -0.2) is 25.9 Å². The normalized spacial score (nSPS) is 12.2. The molecule has 2 aromatic carbocycles. The molecule has 3 aromatic rings. The zero-order valence-corrected chi connectivity index (χ0v) is 18.9. The molecule has 158 valence electrons. The minimum absolute atomic E-state index is 0.00561. The molecular formula is C24H30N4OS. The van der Waals surface area contributed by atoms with Crippen LogP contribution in [0.1, 0.15) is 52.0 Å². The molecule has 30 heavy (non-hydrogen) atoms. The third-order valence-electron chi connectivity index (χ3n) is 5.00. The quantitative estimate of drug-likeness (QED) is 0.430. The van der Waals surface area contributed by atoms with Crippen LogP contribution >= 0.6 is 11.8 Å². The molecule has 5 nitrogen and oxygen atoms in total. The summed E-state index contributed by atoms with van der Waals surface area (Å²) in [5.41, 5.74) is 3.12. The molecule has 6 heteroatoms. The third-order valence-corrected chi connectivity index (χ3v) is 6.25. The largest absolute Gasteiger partial charge is 0.325 e. The SMILES string of the molecule is CCCC(Sc1nnc(-c2ccccc2)n1CC)C(=O)Nc1ccc(C(C)C)cc1. The summed E-state index contributed by atoms with van der Waals surface area (Å²) in [4.78, 5) is 13.0. The fourth-order valence-electron chi connectivity index (χ4n) is 3.27. The third kappa shape index (κ3) is 5.30. The highest BCUT2D eigenvalue weighted by molar-refractivity contribution is 8.00. The van der Waals surface area contributed by atoms with Gasteiger partial charge in [0, 0.05) is 17.8 Å². The fraction of sp³-hybridized carbons (Fsp3) is 0.375. The van der Waals surface area contributed by atoms with Gasteiger partial charge in [0.25, 0.3) is 0 Å². The van der Waals surface area contributed by atoms with Gasteiger partial charge in [0.15, 0.2) is 11.0 Å². The molecule has 1 amide bonds. The summed E-state index contributed by atoms with van der Waals surface area (Å²) in [5.74, 6) is 1.31. The molecule has 1 unspecified atom stereocenters. The number of hydrogen-bond acceptors (Lipinski definition) is 4. The van der Waals surface area contributed by atoms with Gasteiger partial charge in [0.05, 0.1) is 5.25 Å². The topological polar surface area (TPSA) is 59.8 Å². The Morgan fingerprint density at radius 2 is 1.73 bits per heavy atom. The maximum atomic E-state index is 13.0. The highest BCUT2D eigenvalue weighted by atomic mass is 32.2. The van der Waals surface area contributed by atoms with Crippen molar-refractivity contribution in [2.75, 3.05) is 5.32 Å². The van der Waals surface area contributed by atoms with Gasteiger partial charge in [-0.15, -0.1) is 10.2 Å². The van der Waals surface area contributed by atoms with Crippen LogP contribution in [0, 0.1) is 0 Å². The van der Waals surface area contributed by atoms with Crippen LogP contribution < -0.4 is 5.32 Å². The van der Waals surface area contributed by atoms with E-state index in [1.165, 1.54) is 17.3 Å². The average molecular weight is 423 g/mol. The Balaban J connectivity index is 1.76. The summed E-state index contributed by atoms with van der Waals surface area (Å²) in [5, 5.41) is 12.4. The fourth-order valence-corrected chi connectivity index (χ4v) is 4.47. The van der Waals surface area contributed by atoms with Crippen LogP contribution in [0.3, 0.4) is 0 Å². The molecule has 1 N–H and O–H groups in total. The zero-order valence-electron chi connectivity index (χ0n) is 18.1. The average Bonchev–Trinajstić information content (AvgIpc) is 3.17. The number of nitrogens with zero attached hydrogens (tertiary/aromatic N) is 3. The molecule has 0 saturated carbocycles. The number of nitrogens with one attached hydrogen (secondary N) is 1. The van der Waals surface area contributed by atoms with Crippen LogP contribution in [0.25, 0.3) is 11.4 Å². The standard InChI is InChI=1S/C24H30N4OS/c1-5-10-21(23(29)25-20-15-13-18(14-16-20)17(3)4)30-24-27-26-22(28(24)6-2)19-11-8-7-9-12-19/h7-9,11-17,21H,5-6,10H2,1-4H3,(H,25,29). The highest BCUT2D eigenvalue weighted by Gasteiger charge is 2.23. The van der Waals surface area contributed by atoms with Crippen molar-refractivity contribution >= 4 is 23.4 Å². The van der Waals surface area contributed by atoms with Crippen molar-refractivity contribution in [3.05, 3.63) is 60.2 Å². The van der Waals surface area contributed by atoms with E-state index in [1.54, 1.807) is 0 Å². The second-order valence-electron chi connectivity index (χ2n) is 7.58. The monoisotopic (exact) mass is 422 g/mol. The maximum Gasteiger partial charge on any atom is 0.237 e. The van der Waals surface area contributed by atoms with Crippen LogP contribution in [0.15, 0.2) is 59.8 Å². The summed E-state index contributed by atoms with van der Waals surface area (Å²) >= 11 is 1.49. The second-order valence-corrected chi connectivity index (χ2v) is 8.75. The predicted molar refractivity (Wildman–Crippen MR) is 125 cm³/mol. The van der Waals surface area contributed by atoms with E-state index in [-0.39, 0.29) is 11.2 Å². The molecule has 0 aliphatic rings. The first-order chi connectivity index (χ1) is 14.5. The Bertz CT molecular complexity index is 951. The number of benzene rings is 2. The summed E-state index contributed by atoms with van der Waals surface area (Å²) < 4.78 is 2.08. The first kappa shape index (κ1) is 22.1. The van der Waals surface area contributed by atoms with Gasteiger partial charge < -0.3 is 9.88 Å². The van der Waals surface area contributed by atoms with Gasteiger partial charge in [-0.05, 0) is 37.0 Å². The minimum atomic E-state index is -0.224. The van der Waals surface area contributed by atoms with E-state index in [0.717, 1.165) is 41.6 Å². The van der Waals surface area contributed by atoms with E-state index >= 15 is 0 Å². The lowest BCUT2D eigenvalue weighted by atomic mass is 10.0. The van der Waals surface area contributed by atoms with E-state index in [1.807, 2.05) is 42.5 Å². The summed E-state index contributed by atoms with van der Waals surface area (Å²) in [6, 6.07) is 18.1. The molecule has 0 aliphatic carbocycles. The first-order valence-corrected chi connectivity index (χ1v) is 11.5. The molecular weight excluding hydrogens is 392 g/mol. The molecule has 0 radical (unpaired) electrons. The number of amides is 1. The molecule has 0 bridgehead atoms. The van der Waals surface area contributed by atoms with Crippen molar-refractivity contribution in [2.45, 2.75) is 63.4 Å². The van der Waals surface area contributed by atoms with Gasteiger partial charge >= 0.3 is 0 Å². The summed E-state index contributed by atoms with van der Waals surface area (Å²) in [6.45, 7) is 9.24. The lowest BCUT2D eigenvalue weighted by Gasteiger charge is -2.16. The number of rotatable bonds is 9. The Morgan fingerprint density at radius 3 is 2.33 bits per heavy atom. The van der Waals surface area contributed by atoms with Gasteiger partial charge in [-0.2, -0.15) is 0 Å². The van der Waals surface area contributed by atoms with Crippen LogP contribution in [0.5, 0.6) is 0 Å². The molecule has 1 heterocycles. The summed E-state index contributed by atoms with van der Waals surface area (Å²) in [6.07, 6.45) is 1.70. The first-order valence-electron chi connectivity index (χ1n) is 10.6. The number of aromatic nitrogens is 3. The molecule has 0 fully saturated rings. The number of carbonyl (C=O) groups is 1.